The molecule has 0 bridgehead atoms. The van der Waals surface area contributed by atoms with Gasteiger partial charge in [-0.15, -0.1) is 0 Å². The molecule has 1 aromatic carbocycles. The molecule has 0 saturated heterocycles. The highest BCUT2D eigenvalue weighted by Crippen LogP contribution is 2.39. The van der Waals surface area contributed by atoms with Gasteiger partial charge in [-0.05, 0) is 25.5 Å². The van der Waals surface area contributed by atoms with E-state index in [2.05, 4.69) is 25.6 Å². The van der Waals surface area contributed by atoms with Crippen molar-refractivity contribution >= 4 is 28.5 Å². The molecule has 0 spiro atoms. The van der Waals surface area contributed by atoms with Crippen LogP contribution in [0.3, 0.4) is 0 Å². The lowest BCUT2D eigenvalue weighted by Crippen LogP contribution is -2.14. The van der Waals surface area contributed by atoms with Crippen molar-refractivity contribution in [1.29, 1.82) is 0 Å². The van der Waals surface area contributed by atoms with Gasteiger partial charge in [0.25, 0.3) is 0 Å². The number of aromatic amines is 1. The monoisotopic (exact) mass is 377 g/mol. The standard InChI is InChI=1S/C18H18F3N5O/c1-9(2)23-16-13-11(18(19,20)21)8-22-15(13)25-17(26-16)24-12-5-3-4-10-6-7-27-14(10)12/h3-5,8-9H,6-7H2,1-2H3,(H3,22,23,24,25,26). The second-order valence-corrected chi connectivity index (χ2v) is 6.64. The predicted octanol–water partition coefficient (Wildman–Crippen LogP) is 4.48. The average Bonchev–Trinajstić information content (AvgIpc) is 3.20. The van der Waals surface area contributed by atoms with Gasteiger partial charge in [0.05, 0.1) is 23.2 Å². The minimum atomic E-state index is -4.50. The number of H-pyrrole nitrogens is 1. The Hall–Kier alpha value is -2.97. The van der Waals surface area contributed by atoms with Gasteiger partial charge in [-0.2, -0.15) is 23.1 Å². The molecular formula is C18H18F3N5O. The second kappa shape index (κ2) is 6.33. The summed E-state index contributed by atoms with van der Waals surface area (Å²) in [5.74, 6) is 1.03. The lowest BCUT2D eigenvalue weighted by Gasteiger charge is -2.15. The summed E-state index contributed by atoms with van der Waals surface area (Å²) in [4.78, 5) is 11.1. The number of alkyl halides is 3. The molecule has 0 atom stereocenters. The summed E-state index contributed by atoms with van der Waals surface area (Å²) in [5, 5.41) is 5.98. The number of hydrogen-bond acceptors (Lipinski definition) is 5. The summed E-state index contributed by atoms with van der Waals surface area (Å²) in [6, 6.07) is 5.58. The Morgan fingerprint density at radius 2 is 2.04 bits per heavy atom. The number of ether oxygens (including phenoxy) is 1. The van der Waals surface area contributed by atoms with Gasteiger partial charge >= 0.3 is 6.18 Å². The fraction of sp³-hybridized carbons (Fsp3) is 0.333. The lowest BCUT2D eigenvalue weighted by molar-refractivity contribution is -0.136. The Labute approximate surface area is 153 Å². The van der Waals surface area contributed by atoms with Crippen LogP contribution in [-0.4, -0.2) is 27.6 Å². The maximum Gasteiger partial charge on any atom is 0.418 e. The van der Waals surface area contributed by atoms with Crippen molar-refractivity contribution in [1.82, 2.24) is 15.0 Å². The molecule has 1 aliphatic rings. The Kier molecular flexibility index (Phi) is 4.09. The first-order chi connectivity index (χ1) is 12.8. The number of hydrogen-bond donors (Lipinski definition) is 3. The molecule has 3 heterocycles. The van der Waals surface area contributed by atoms with Crippen molar-refractivity contribution in [2.75, 3.05) is 17.2 Å². The highest BCUT2D eigenvalue weighted by molar-refractivity contribution is 5.92. The SMILES string of the molecule is CC(C)Nc1nc(Nc2cccc3c2OCC3)nc2[nH]cc(C(F)(F)F)c12. The fourth-order valence-electron chi connectivity index (χ4n) is 3.12. The molecule has 0 amide bonds. The van der Waals surface area contributed by atoms with Gasteiger partial charge < -0.3 is 20.4 Å². The normalized spacial score (nSPS) is 13.7. The van der Waals surface area contributed by atoms with E-state index in [1.807, 2.05) is 32.0 Å². The molecule has 3 aromatic rings. The Balaban J connectivity index is 1.80. The van der Waals surface area contributed by atoms with E-state index in [9.17, 15) is 13.2 Å². The third-order valence-electron chi connectivity index (χ3n) is 4.22. The van der Waals surface area contributed by atoms with Gasteiger partial charge in [-0.1, -0.05) is 12.1 Å². The first-order valence-corrected chi connectivity index (χ1v) is 8.57. The highest BCUT2D eigenvalue weighted by atomic mass is 19.4. The fourth-order valence-corrected chi connectivity index (χ4v) is 3.12. The van der Waals surface area contributed by atoms with Crippen LogP contribution >= 0.6 is 0 Å². The molecule has 0 aliphatic carbocycles. The topological polar surface area (TPSA) is 74.9 Å². The van der Waals surface area contributed by atoms with E-state index in [4.69, 9.17) is 4.74 Å². The number of rotatable bonds is 4. The maximum absolute atomic E-state index is 13.3. The number of nitrogens with one attached hydrogen (secondary N) is 3. The zero-order valence-electron chi connectivity index (χ0n) is 14.7. The van der Waals surface area contributed by atoms with E-state index in [1.54, 1.807) is 0 Å². The van der Waals surface area contributed by atoms with Crippen molar-refractivity contribution in [2.24, 2.45) is 0 Å². The lowest BCUT2D eigenvalue weighted by atomic mass is 10.1. The first kappa shape index (κ1) is 17.4. The van der Waals surface area contributed by atoms with Crippen LogP contribution < -0.4 is 15.4 Å². The molecule has 142 valence electrons. The summed E-state index contributed by atoms with van der Waals surface area (Å²) in [5.41, 5.74) is 1.07. The molecule has 4 rings (SSSR count). The summed E-state index contributed by atoms with van der Waals surface area (Å²) in [6.07, 6.45) is -2.77. The van der Waals surface area contributed by atoms with E-state index < -0.39 is 11.7 Å². The number of fused-ring (bicyclic) bond motifs is 2. The molecule has 0 fully saturated rings. The van der Waals surface area contributed by atoms with Crippen LogP contribution in [0.25, 0.3) is 11.0 Å². The van der Waals surface area contributed by atoms with Crippen LogP contribution in [0, 0.1) is 0 Å². The van der Waals surface area contributed by atoms with E-state index >= 15 is 0 Å². The van der Waals surface area contributed by atoms with Crippen LogP contribution in [0.1, 0.15) is 25.0 Å². The van der Waals surface area contributed by atoms with E-state index in [0.29, 0.717) is 12.3 Å². The van der Waals surface area contributed by atoms with Crippen LogP contribution in [0.5, 0.6) is 5.75 Å². The maximum atomic E-state index is 13.3. The number of para-hydroxylation sites is 1. The number of anilines is 3. The van der Waals surface area contributed by atoms with Crippen molar-refractivity contribution in [3.63, 3.8) is 0 Å². The van der Waals surface area contributed by atoms with E-state index in [0.717, 1.165) is 23.9 Å². The summed E-state index contributed by atoms with van der Waals surface area (Å²) in [6.45, 7) is 4.26. The van der Waals surface area contributed by atoms with Gasteiger partial charge in [0.15, 0.2) is 0 Å². The van der Waals surface area contributed by atoms with Gasteiger partial charge in [0.1, 0.15) is 17.2 Å². The van der Waals surface area contributed by atoms with Gasteiger partial charge in [0.2, 0.25) is 5.95 Å². The number of aromatic nitrogens is 3. The minimum Gasteiger partial charge on any atom is -0.491 e. The number of halogens is 3. The van der Waals surface area contributed by atoms with Crippen molar-refractivity contribution in [3.8, 4) is 5.75 Å². The van der Waals surface area contributed by atoms with E-state index in [-0.39, 0.29) is 28.8 Å². The molecule has 0 saturated carbocycles. The Bertz CT molecular complexity index is 997. The van der Waals surface area contributed by atoms with Gasteiger partial charge in [0, 0.05) is 18.7 Å². The third-order valence-corrected chi connectivity index (χ3v) is 4.22. The number of benzene rings is 1. The van der Waals surface area contributed by atoms with Crippen LogP contribution in [0.2, 0.25) is 0 Å². The predicted molar refractivity (Wildman–Crippen MR) is 96.6 cm³/mol. The Morgan fingerprint density at radius 3 is 2.78 bits per heavy atom. The smallest absolute Gasteiger partial charge is 0.418 e. The Morgan fingerprint density at radius 1 is 1.22 bits per heavy atom. The molecule has 0 unspecified atom stereocenters. The molecule has 27 heavy (non-hydrogen) atoms. The highest BCUT2D eigenvalue weighted by Gasteiger charge is 2.35. The van der Waals surface area contributed by atoms with Crippen molar-refractivity contribution in [2.45, 2.75) is 32.5 Å². The minimum absolute atomic E-state index is 0.0729. The molecule has 1 aliphatic heterocycles. The molecule has 9 heteroatoms. The van der Waals surface area contributed by atoms with Crippen LogP contribution in [0.4, 0.5) is 30.6 Å². The first-order valence-electron chi connectivity index (χ1n) is 8.57. The quantitative estimate of drug-likeness (QED) is 0.625. The van der Waals surface area contributed by atoms with E-state index in [1.165, 1.54) is 0 Å². The van der Waals surface area contributed by atoms with Gasteiger partial charge in [-0.25, -0.2) is 0 Å². The van der Waals surface area contributed by atoms with Crippen molar-refractivity contribution in [3.05, 3.63) is 35.5 Å². The molecule has 2 aromatic heterocycles. The largest absolute Gasteiger partial charge is 0.491 e. The average molecular weight is 377 g/mol. The summed E-state index contributed by atoms with van der Waals surface area (Å²) in [7, 11) is 0. The second-order valence-electron chi connectivity index (χ2n) is 6.64. The third kappa shape index (κ3) is 3.24. The molecule has 6 nitrogen and oxygen atoms in total. The molecular weight excluding hydrogens is 359 g/mol. The van der Waals surface area contributed by atoms with Crippen molar-refractivity contribution < 1.29 is 17.9 Å². The molecule has 3 N–H and O–H groups in total. The van der Waals surface area contributed by atoms with Gasteiger partial charge in [-0.3, -0.25) is 0 Å². The summed E-state index contributed by atoms with van der Waals surface area (Å²) < 4.78 is 45.6. The molecule has 0 radical (unpaired) electrons. The number of nitrogens with zero attached hydrogens (tertiary/aromatic N) is 2. The zero-order chi connectivity index (χ0) is 19.2. The summed E-state index contributed by atoms with van der Waals surface area (Å²) >= 11 is 0. The zero-order valence-corrected chi connectivity index (χ0v) is 14.7. The van der Waals surface area contributed by atoms with Crippen LogP contribution in [0.15, 0.2) is 24.4 Å². The van der Waals surface area contributed by atoms with Crippen LogP contribution in [-0.2, 0) is 12.6 Å².